The van der Waals surface area contributed by atoms with Crippen molar-refractivity contribution in [2.24, 2.45) is 10.7 Å². The van der Waals surface area contributed by atoms with Gasteiger partial charge in [0.2, 0.25) is 0 Å². The van der Waals surface area contributed by atoms with E-state index in [2.05, 4.69) is 19.9 Å². The van der Waals surface area contributed by atoms with E-state index in [1.165, 1.54) is 46.7 Å². The Morgan fingerprint density at radius 1 is 1.16 bits per heavy atom. The Morgan fingerprint density at radius 2 is 1.92 bits per heavy atom. The number of halogens is 5. The van der Waals surface area contributed by atoms with Crippen molar-refractivity contribution in [3.05, 3.63) is 62.7 Å². The van der Waals surface area contributed by atoms with Crippen LogP contribution in [0.15, 0.2) is 40.3 Å². The lowest BCUT2D eigenvalue weighted by molar-refractivity contribution is -0.164. The third-order valence-electron chi connectivity index (χ3n) is 9.53. The summed E-state index contributed by atoms with van der Waals surface area (Å²) in [5, 5.41) is 0.516. The lowest BCUT2D eigenvalue weighted by Gasteiger charge is -2.32. The number of hydrogen-bond donors (Lipinski definition) is 2. The van der Waals surface area contributed by atoms with Crippen molar-refractivity contribution < 1.29 is 36.7 Å². The lowest BCUT2D eigenvalue weighted by Crippen LogP contribution is -2.35. The van der Waals surface area contributed by atoms with Crippen molar-refractivity contribution in [3.8, 4) is 6.01 Å². The highest BCUT2D eigenvalue weighted by molar-refractivity contribution is 6.31. The van der Waals surface area contributed by atoms with E-state index in [0.717, 1.165) is 36.0 Å². The molecule has 0 saturated carbocycles. The van der Waals surface area contributed by atoms with Crippen molar-refractivity contribution in [2.45, 2.75) is 64.0 Å². The molecule has 2 unspecified atom stereocenters. The van der Waals surface area contributed by atoms with Gasteiger partial charge in [-0.25, -0.2) is 9.45 Å². The largest absolute Gasteiger partial charge is 0.467 e. The van der Waals surface area contributed by atoms with Crippen LogP contribution in [0.25, 0.3) is 0 Å². The number of benzene rings is 1. The van der Waals surface area contributed by atoms with Crippen molar-refractivity contribution in [3.63, 3.8) is 0 Å². The van der Waals surface area contributed by atoms with Gasteiger partial charge in [-0.2, -0.15) is 23.1 Å². The van der Waals surface area contributed by atoms with E-state index in [9.17, 15) is 22.4 Å². The molecular formula is C34H43ClF4N8O4. The van der Waals surface area contributed by atoms with Crippen LogP contribution in [0.1, 0.15) is 61.1 Å². The van der Waals surface area contributed by atoms with Crippen LogP contribution in [0.4, 0.5) is 29.1 Å². The molecule has 0 bridgehead atoms. The quantitative estimate of drug-likeness (QED) is 0.176. The first-order valence-electron chi connectivity index (χ1n) is 16.6. The number of methoxy groups -OCH3 is 1. The highest BCUT2D eigenvalue weighted by atomic mass is 35.5. The summed E-state index contributed by atoms with van der Waals surface area (Å²) in [5.74, 6) is -0.0165. The van der Waals surface area contributed by atoms with Gasteiger partial charge in [0.05, 0.1) is 61.8 Å². The molecule has 0 radical (unpaired) electrons. The highest BCUT2D eigenvalue weighted by Gasteiger charge is 2.40. The van der Waals surface area contributed by atoms with E-state index in [-0.39, 0.29) is 42.5 Å². The van der Waals surface area contributed by atoms with Gasteiger partial charge in [-0.1, -0.05) is 11.6 Å². The zero-order valence-corrected chi connectivity index (χ0v) is 29.8. The number of nitrogens with two attached hydrogens (primary N) is 2. The van der Waals surface area contributed by atoms with Crippen LogP contribution in [-0.2, 0) is 33.6 Å². The Balaban J connectivity index is 0.000000428. The van der Waals surface area contributed by atoms with Gasteiger partial charge in [0.15, 0.2) is 0 Å². The number of fused-ring (bicyclic) bond motifs is 2. The van der Waals surface area contributed by atoms with Gasteiger partial charge >= 0.3 is 12.2 Å². The van der Waals surface area contributed by atoms with Gasteiger partial charge in [0.25, 0.3) is 5.91 Å². The van der Waals surface area contributed by atoms with Crippen molar-refractivity contribution in [1.29, 1.82) is 0 Å². The van der Waals surface area contributed by atoms with E-state index in [4.69, 9.17) is 37.4 Å². The summed E-state index contributed by atoms with van der Waals surface area (Å²) in [6.07, 6.45) is -0.696. The van der Waals surface area contributed by atoms with Gasteiger partial charge in [0.1, 0.15) is 11.5 Å². The molecule has 278 valence electrons. The van der Waals surface area contributed by atoms with Crippen LogP contribution in [0.3, 0.4) is 0 Å². The Kier molecular flexibility index (Phi) is 12.1. The Hall–Kier alpha value is -3.99. The zero-order chi connectivity index (χ0) is 37.0. The number of hydroxylamine groups is 2. The molecule has 1 aromatic carbocycles. The number of likely N-dealkylation sites (N-methyl/N-ethyl adjacent to an activating group) is 1. The van der Waals surface area contributed by atoms with Gasteiger partial charge in [0, 0.05) is 56.0 Å². The van der Waals surface area contributed by atoms with Gasteiger partial charge in [-0.15, -0.1) is 0 Å². The number of hydrogen-bond acceptors (Lipinski definition) is 11. The number of rotatable bonds is 6. The molecule has 0 spiro atoms. The summed E-state index contributed by atoms with van der Waals surface area (Å²) >= 11 is 5.97. The van der Waals surface area contributed by atoms with E-state index >= 15 is 0 Å². The summed E-state index contributed by atoms with van der Waals surface area (Å²) < 4.78 is 65.2. The van der Waals surface area contributed by atoms with Crippen LogP contribution in [0, 0.1) is 0 Å². The van der Waals surface area contributed by atoms with Crippen LogP contribution >= 0.6 is 11.6 Å². The molecule has 51 heavy (non-hydrogen) atoms. The van der Waals surface area contributed by atoms with Crippen LogP contribution in [0.2, 0.25) is 5.02 Å². The number of ether oxygens (including phenoxy) is 2. The molecule has 17 heteroatoms. The lowest BCUT2D eigenvalue weighted by atomic mass is 9.94. The standard InChI is InChI=1S/C26H31ClF3N7O4.C8H12FN/c1-13(22(32)24(38)36(2)40-4)19-11-37(7-5-6-33-19)23-16-12-41-20(10-18(16)34-25(35-23)39-3)15-8-14(31)9-17(27)21(15)26(28,29)30;9-5-7-4-8-2-1-3-10(8)6-7/h8-9,20H,5-7,10-12,31-32H2,1-4H3;5,8H,1-4,6H2/b22-13-;7-5-. The first-order chi connectivity index (χ1) is 24.2. The fourth-order valence-corrected chi connectivity index (χ4v) is 7.14. The first-order valence-corrected chi connectivity index (χ1v) is 16.9. The number of nitrogen functional groups attached to an aromatic ring is 1. The smallest absolute Gasteiger partial charge is 0.418 e. The Morgan fingerprint density at radius 3 is 2.59 bits per heavy atom. The average Bonchev–Trinajstić information content (AvgIpc) is 3.63. The SMILES string of the molecule is COc1nc2c(c(N3CCCN=C(/C(C)=C(\N)C(=O)N(C)OC)C3)n1)COC(c1cc(N)cc(Cl)c1C(F)(F)F)C2.F/C=C1/CC2CCCN2C1. The van der Waals surface area contributed by atoms with Crippen molar-refractivity contribution >= 4 is 34.7 Å². The number of carbonyl (C=O) groups is 1. The molecule has 2 fully saturated rings. The van der Waals surface area contributed by atoms with E-state index in [1.807, 2.05) is 4.90 Å². The number of anilines is 2. The zero-order valence-electron chi connectivity index (χ0n) is 29.0. The second-order valence-electron chi connectivity index (χ2n) is 12.8. The van der Waals surface area contributed by atoms with Crippen LogP contribution < -0.4 is 21.1 Å². The number of alkyl halides is 3. The molecule has 4 aliphatic heterocycles. The number of amides is 1. The molecule has 2 aromatic rings. The molecule has 5 heterocycles. The monoisotopic (exact) mass is 738 g/mol. The predicted molar refractivity (Wildman–Crippen MR) is 185 cm³/mol. The average molecular weight is 739 g/mol. The summed E-state index contributed by atoms with van der Waals surface area (Å²) in [6, 6.07) is 3.02. The van der Waals surface area contributed by atoms with Crippen molar-refractivity contribution in [2.75, 3.05) is 64.6 Å². The van der Waals surface area contributed by atoms with Gasteiger partial charge in [-0.05, 0) is 62.4 Å². The van der Waals surface area contributed by atoms with Crippen molar-refractivity contribution in [1.82, 2.24) is 19.9 Å². The number of aromatic nitrogens is 2. The molecule has 2 atom stereocenters. The van der Waals surface area contributed by atoms with E-state index < -0.39 is 28.8 Å². The third kappa shape index (κ3) is 8.56. The maximum atomic E-state index is 13.9. The summed E-state index contributed by atoms with van der Waals surface area (Å²) in [5.41, 5.74) is 14.0. The molecule has 0 aliphatic carbocycles. The number of aliphatic imine (C=N–C) groups is 1. The maximum Gasteiger partial charge on any atom is 0.418 e. The molecule has 2 saturated heterocycles. The highest BCUT2D eigenvalue weighted by Crippen LogP contribution is 2.44. The predicted octanol–water partition coefficient (Wildman–Crippen LogP) is 5.17. The minimum absolute atomic E-state index is 0.00257. The number of nitrogens with zero attached hydrogens (tertiary/aromatic N) is 6. The van der Waals surface area contributed by atoms with Gasteiger partial charge in [-0.3, -0.25) is 19.5 Å². The normalized spacial score (nSPS) is 21.9. The topological polar surface area (TPSA) is 145 Å². The minimum atomic E-state index is -4.72. The summed E-state index contributed by atoms with van der Waals surface area (Å²) in [4.78, 5) is 35.5. The molecule has 6 rings (SSSR count). The third-order valence-corrected chi connectivity index (χ3v) is 9.83. The second kappa shape index (κ2) is 16.1. The molecular weight excluding hydrogens is 696 g/mol. The second-order valence-corrected chi connectivity index (χ2v) is 13.2. The Bertz CT molecular complexity index is 1710. The molecule has 1 aromatic heterocycles. The summed E-state index contributed by atoms with van der Waals surface area (Å²) in [7, 11) is 4.21. The van der Waals surface area contributed by atoms with E-state index in [1.54, 1.807) is 6.92 Å². The number of carbonyl (C=O) groups excluding carboxylic acids is 1. The molecule has 4 N–H and O–H groups in total. The maximum absolute atomic E-state index is 13.9. The first kappa shape index (κ1) is 38.2. The minimum Gasteiger partial charge on any atom is -0.467 e. The van der Waals surface area contributed by atoms with E-state index in [0.29, 0.717) is 53.9 Å². The summed E-state index contributed by atoms with van der Waals surface area (Å²) in [6.45, 7) is 5.01. The van der Waals surface area contributed by atoms with Crippen LogP contribution in [-0.4, -0.2) is 91.6 Å². The van der Waals surface area contributed by atoms with Crippen LogP contribution in [0.5, 0.6) is 6.01 Å². The van der Waals surface area contributed by atoms with Gasteiger partial charge < -0.3 is 25.8 Å². The molecule has 12 nitrogen and oxygen atoms in total. The fraction of sp³-hybridized carbons (Fsp3) is 0.529. The fourth-order valence-electron chi connectivity index (χ4n) is 6.80. The molecule has 1 amide bonds. The Labute approximate surface area is 299 Å². The molecule has 4 aliphatic rings.